The van der Waals surface area contributed by atoms with Gasteiger partial charge in [-0.05, 0) is 12.8 Å². The van der Waals surface area contributed by atoms with Gasteiger partial charge in [0.2, 0.25) is 12.6 Å². The molecule has 0 bridgehead atoms. The summed E-state index contributed by atoms with van der Waals surface area (Å²) in [7, 11) is -2.49. The van der Waals surface area contributed by atoms with Crippen LogP contribution >= 0.6 is 8.25 Å². The van der Waals surface area contributed by atoms with Crippen molar-refractivity contribution in [1.29, 1.82) is 0 Å². The van der Waals surface area contributed by atoms with E-state index in [1.54, 1.807) is 0 Å². The molecule has 0 aliphatic heterocycles. The number of aliphatic hydroxyl groups is 2. The Labute approximate surface area is 238 Å². The van der Waals surface area contributed by atoms with Crippen LogP contribution < -0.4 is 0 Å². The second kappa shape index (κ2) is 31.5. The molecule has 0 aromatic rings. The first-order chi connectivity index (χ1) is 18.6. The first-order valence-electron chi connectivity index (χ1n) is 16.8. The van der Waals surface area contributed by atoms with E-state index in [1.165, 1.54) is 141 Å². The average Bonchev–Trinajstić information content (AvgIpc) is 2.89. The number of rotatable bonds is 32. The Hall–Kier alpha value is -0.0600. The highest BCUT2D eigenvalue weighted by Crippen LogP contribution is 2.30. The molecule has 2 atom stereocenters. The van der Waals surface area contributed by atoms with Crippen LogP contribution in [0.1, 0.15) is 194 Å². The Morgan fingerprint density at radius 1 is 0.421 bits per heavy atom. The first-order valence-corrected chi connectivity index (χ1v) is 17.9. The van der Waals surface area contributed by atoms with Gasteiger partial charge in [-0.2, -0.15) is 0 Å². The van der Waals surface area contributed by atoms with Crippen molar-refractivity contribution in [3.8, 4) is 0 Å². The summed E-state index contributed by atoms with van der Waals surface area (Å²) in [5.74, 6) is 0. The fourth-order valence-corrected chi connectivity index (χ4v) is 5.66. The Morgan fingerprint density at radius 2 is 0.632 bits per heavy atom. The molecule has 0 saturated carbocycles. The third kappa shape index (κ3) is 30.5. The van der Waals surface area contributed by atoms with Gasteiger partial charge in [0.1, 0.15) is 0 Å². The Balaban J connectivity index is 3.41. The van der Waals surface area contributed by atoms with E-state index in [-0.39, 0.29) is 0 Å². The molecular weight excluding hydrogens is 495 g/mol. The van der Waals surface area contributed by atoms with Gasteiger partial charge in [0.15, 0.2) is 0 Å². The van der Waals surface area contributed by atoms with Gasteiger partial charge in [-0.15, -0.1) is 0 Å². The quantitative estimate of drug-likeness (QED) is 0.0485. The molecular formula is C32H66O5P+. The van der Waals surface area contributed by atoms with Gasteiger partial charge >= 0.3 is 8.25 Å². The Bertz CT molecular complexity index is 437. The number of unbranched alkanes of at least 4 members (excludes halogenated alkanes) is 24. The van der Waals surface area contributed by atoms with E-state index in [2.05, 4.69) is 13.8 Å². The van der Waals surface area contributed by atoms with E-state index < -0.39 is 20.8 Å². The van der Waals surface area contributed by atoms with Crippen molar-refractivity contribution >= 4 is 8.25 Å². The maximum Gasteiger partial charge on any atom is 0.702 e. The average molecular weight is 562 g/mol. The molecule has 0 radical (unpaired) electrons. The molecule has 0 saturated heterocycles. The second-order valence-corrected chi connectivity index (χ2v) is 12.3. The largest absolute Gasteiger partial charge is 0.702 e. The molecule has 0 spiro atoms. The van der Waals surface area contributed by atoms with Gasteiger partial charge in [0, 0.05) is 17.4 Å². The third-order valence-corrected chi connectivity index (χ3v) is 8.36. The summed E-state index contributed by atoms with van der Waals surface area (Å²) in [5.41, 5.74) is 0. The number of aliphatic hydroxyl groups excluding tert-OH is 2. The van der Waals surface area contributed by atoms with Gasteiger partial charge in [-0.1, -0.05) is 177 Å². The molecule has 2 unspecified atom stereocenters. The minimum atomic E-state index is -2.49. The molecule has 228 valence electrons. The van der Waals surface area contributed by atoms with Crippen LogP contribution in [0.25, 0.3) is 0 Å². The molecule has 5 nitrogen and oxygen atoms in total. The van der Waals surface area contributed by atoms with E-state index in [9.17, 15) is 14.8 Å². The van der Waals surface area contributed by atoms with E-state index in [1.807, 2.05) is 0 Å². The normalized spacial score (nSPS) is 13.6. The molecule has 0 aliphatic carbocycles. The highest BCUT2D eigenvalue weighted by molar-refractivity contribution is 7.33. The van der Waals surface area contributed by atoms with Crippen LogP contribution in [0.15, 0.2) is 0 Å². The lowest BCUT2D eigenvalue weighted by atomic mass is 10.0. The highest BCUT2D eigenvalue weighted by atomic mass is 31.1. The predicted molar refractivity (Wildman–Crippen MR) is 162 cm³/mol. The summed E-state index contributed by atoms with van der Waals surface area (Å²) in [6.07, 6.45) is 31.9. The first kappa shape index (κ1) is 37.9. The molecule has 0 amide bonds. The lowest BCUT2D eigenvalue weighted by Crippen LogP contribution is -2.12. The minimum absolute atomic E-state index is 0.456. The van der Waals surface area contributed by atoms with Crippen LogP contribution in [0, 0.1) is 0 Å². The zero-order valence-corrected chi connectivity index (χ0v) is 26.4. The maximum absolute atomic E-state index is 11.9. The number of hydrogen-bond donors (Lipinski definition) is 2. The van der Waals surface area contributed by atoms with Crippen molar-refractivity contribution in [1.82, 2.24) is 0 Å². The third-order valence-electron chi connectivity index (χ3n) is 7.52. The van der Waals surface area contributed by atoms with Crippen molar-refractivity contribution in [2.45, 2.75) is 206 Å². The molecule has 0 fully saturated rings. The summed E-state index contributed by atoms with van der Waals surface area (Å²) >= 11 is 0. The summed E-state index contributed by atoms with van der Waals surface area (Å²) < 4.78 is 22.0. The van der Waals surface area contributed by atoms with Crippen LogP contribution in [0.3, 0.4) is 0 Å². The van der Waals surface area contributed by atoms with Crippen molar-refractivity contribution in [2.24, 2.45) is 0 Å². The maximum atomic E-state index is 11.9. The molecule has 38 heavy (non-hydrogen) atoms. The molecule has 0 rings (SSSR count). The zero-order chi connectivity index (χ0) is 27.9. The van der Waals surface area contributed by atoms with Crippen LogP contribution in [0.2, 0.25) is 0 Å². The van der Waals surface area contributed by atoms with Crippen molar-refractivity contribution in [3.63, 3.8) is 0 Å². The smallest absolute Gasteiger partial charge is 0.364 e. The fraction of sp³-hybridized carbons (Fsp3) is 1.00. The van der Waals surface area contributed by atoms with Crippen molar-refractivity contribution in [2.75, 3.05) is 0 Å². The minimum Gasteiger partial charge on any atom is -0.364 e. The Kier molecular flexibility index (Phi) is 31.4. The SMILES string of the molecule is CCCCCCCCCCCCCCCC(O)O[P+](=O)OC(O)CCCCCCCCCCCCCCC. The molecule has 2 N–H and O–H groups in total. The lowest BCUT2D eigenvalue weighted by molar-refractivity contribution is -0.0648. The van der Waals surface area contributed by atoms with Crippen LogP contribution in [0.4, 0.5) is 0 Å². The monoisotopic (exact) mass is 561 g/mol. The van der Waals surface area contributed by atoms with E-state index in [0.717, 1.165) is 25.7 Å². The van der Waals surface area contributed by atoms with Crippen molar-refractivity contribution < 1.29 is 23.8 Å². The van der Waals surface area contributed by atoms with Crippen LogP contribution in [0.5, 0.6) is 0 Å². The topological polar surface area (TPSA) is 76.0 Å². The summed E-state index contributed by atoms with van der Waals surface area (Å²) in [5, 5.41) is 19.9. The van der Waals surface area contributed by atoms with Gasteiger partial charge in [0.25, 0.3) is 0 Å². The Morgan fingerprint density at radius 3 is 0.868 bits per heavy atom. The molecule has 0 aromatic heterocycles. The van der Waals surface area contributed by atoms with Gasteiger partial charge < -0.3 is 10.2 Å². The summed E-state index contributed by atoms with van der Waals surface area (Å²) in [6, 6.07) is 0. The second-order valence-electron chi connectivity index (χ2n) is 11.4. The fourth-order valence-electron chi connectivity index (χ4n) is 5.00. The standard InChI is InChI=1S/C32H66O5P/c1-3-5-7-9-11-13-15-17-19-21-23-25-27-29-31(33)36-38(35)37-32(34)30-28-26-24-22-20-18-16-14-12-10-8-6-4-2/h31-34H,3-30H2,1-2H3/q+1. The summed E-state index contributed by atoms with van der Waals surface area (Å²) in [6.45, 7) is 4.52. The van der Waals surface area contributed by atoms with Gasteiger partial charge in [-0.3, -0.25) is 0 Å². The van der Waals surface area contributed by atoms with E-state index in [4.69, 9.17) is 9.05 Å². The molecule has 0 heterocycles. The summed E-state index contributed by atoms with van der Waals surface area (Å²) in [4.78, 5) is 0. The van der Waals surface area contributed by atoms with Crippen LogP contribution in [-0.4, -0.2) is 22.8 Å². The van der Waals surface area contributed by atoms with Crippen LogP contribution in [-0.2, 0) is 13.6 Å². The van der Waals surface area contributed by atoms with E-state index in [0.29, 0.717) is 12.8 Å². The molecule has 6 heteroatoms. The van der Waals surface area contributed by atoms with Gasteiger partial charge in [-0.25, -0.2) is 0 Å². The molecule has 0 aromatic carbocycles. The van der Waals surface area contributed by atoms with Gasteiger partial charge in [0.05, 0.1) is 0 Å². The van der Waals surface area contributed by atoms with E-state index >= 15 is 0 Å². The number of hydrogen-bond acceptors (Lipinski definition) is 5. The molecule has 0 aliphatic rings. The highest BCUT2D eigenvalue weighted by Gasteiger charge is 2.29. The van der Waals surface area contributed by atoms with Crippen molar-refractivity contribution in [3.05, 3.63) is 0 Å². The zero-order valence-electron chi connectivity index (χ0n) is 25.5. The lowest BCUT2D eigenvalue weighted by Gasteiger charge is -2.06. The predicted octanol–water partition coefficient (Wildman–Crippen LogP) is 11.3.